The molecule has 11 heteroatoms. The van der Waals surface area contributed by atoms with Crippen LogP contribution < -0.4 is 14.4 Å². The first-order chi connectivity index (χ1) is 13.7. The quantitative estimate of drug-likeness (QED) is 0.764. The van der Waals surface area contributed by atoms with Crippen molar-refractivity contribution in [2.75, 3.05) is 21.9 Å². The van der Waals surface area contributed by atoms with E-state index in [4.69, 9.17) is 16.9 Å². The minimum atomic E-state index is -3.45. The molecule has 1 aliphatic heterocycles. The largest absolute Gasteiger partial charge is 0.435 e. The van der Waals surface area contributed by atoms with Gasteiger partial charge in [-0.05, 0) is 36.8 Å². The lowest BCUT2D eigenvalue weighted by atomic mass is 10.1. The van der Waals surface area contributed by atoms with Crippen molar-refractivity contribution in [1.82, 2.24) is 0 Å². The van der Waals surface area contributed by atoms with Crippen LogP contribution in [0.1, 0.15) is 22.3 Å². The molecule has 0 bridgehead atoms. The third-order valence-electron chi connectivity index (χ3n) is 4.10. The first kappa shape index (κ1) is 20.8. The van der Waals surface area contributed by atoms with Crippen LogP contribution in [-0.2, 0) is 10.0 Å². The van der Waals surface area contributed by atoms with Crippen LogP contribution in [0.15, 0.2) is 36.4 Å². The van der Waals surface area contributed by atoms with Crippen LogP contribution in [0.5, 0.6) is 5.75 Å². The molecule has 1 heterocycles. The molecule has 1 saturated heterocycles. The summed E-state index contributed by atoms with van der Waals surface area (Å²) in [4.78, 5) is 12.7. The monoisotopic (exact) mass is 441 g/mol. The Bertz CT molecular complexity index is 1100. The van der Waals surface area contributed by atoms with Crippen molar-refractivity contribution < 1.29 is 26.7 Å². The number of rotatable bonds is 5. The number of anilines is 2. The number of alkyl halides is 2. The molecule has 1 fully saturated rings. The number of carbonyl (C=O) groups is 1. The summed E-state index contributed by atoms with van der Waals surface area (Å²) in [5.74, 6) is -0.978. The molecule has 0 unspecified atom stereocenters. The van der Waals surface area contributed by atoms with Gasteiger partial charge in [-0.1, -0.05) is 11.6 Å². The Labute approximate surface area is 170 Å². The number of benzene rings is 2. The van der Waals surface area contributed by atoms with Gasteiger partial charge < -0.3 is 10.1 Å². The van der Waals surface area contributed by atoms with Gasteiger partial charge in [-0.2, -0.15) is 14.0 Å². The molecule has 0 atom stereocenters. The van der Waals surface area contributed by atoms with Crippen LogP contribution >= 0.6 is 11.6 Å². The van der Waals surface area contributed by atoms with E-state index in [2.05, 4.69) is 10.1 Å². The molecule has 0 aliphatic carbocycles. The Morgan fingerprint density at radius 3 is 2.66 bits per heavy atom. The van der Waals surface area contributed by atoms with Gasteiger partial charge in [0.15, 0.2) is 0 Å². The van der Waals surface area contributed by atoms with Gasteiger partial charge in [0.25, 0.3) is 5.91 Å². The fourth-order valence-corrected chi connectivity index (χ4v) is 4.64. The van der Waals surface area contributed by atoms with E-state index in [1.807, 2.05) is 0 Å². The molecular weight excluding hydrogens is 428 g/mol. The summed E-state index contributed by atoms with van der Waals surface area (Å²) in [6.45, 7) is -2.80. The summed E-state index contributed by atoms with van der Waals surface area (Å²) in [6, 6.07) is 9.53. The minimum absolute atomic E-state index is 0.00135. The van der Waals surface area contributed by atoms with E-state index in [0.29, 0.717) is 18.7 Å². The molecule has 1 N–H and O–H groups in total. The number of ether oxygens (including phenoxy) is 1. The lowest BCUT2D eigenvalue weighted by Gasteiger charge is -2.18. The van der Waals surface area contributed by atoms with Gasteiger partial charge >= 0.3 is 6.61 Å². The molecule has 3 rings (SSSR count). The third-order valence-corrected chi connectivity index (χ3v) is 6.30. The van der Waals surface area contributed by atoms with Gasteiger partial charge in [-0.3, -0.25) is 9.10 Å². The van der Waals surface area contributed by atoms with Crippen molar-refractivity contribution in [3.05, 3.63) is 52.5 Å². The Morgan fingerprint density at radius 2 is 2.03 bits per heavy atom. The van der Waals surface area contributed by atoms with E-state index >= 15 is 0 Å². The average molecular weight is 442 g/mol. The maximum atomic E-state index is 12.7. The standard InChI is InChI=1S/C18H14ClF2N3O4S/c19-16-3-2-13(24-4-1-5-29(24,26)27)9-15(16)17(25)23-12-6-11(10-22)7-14(8-12)28-18(20)21/h2-3,6-9,18H,1,4-5H2,(H,23,25). The number of hydrogen-bond acceptors (Lipinski definition) is 5. The van der Waals surface area contributed by atoms with E-state index in [1.54, 1.807) is 6.07 Å². The van der Waals surface area contributed by atoms with Crippen LogP contribution in [0.25, 0.3) is 0 Å². The predicted octanol–water partition coefficient (Wildman–Crippen LogP) is 3.61. The molecule has 2 aromatic carbocycles. The SMILES string of the molecule is N#Cc1cc(NC(=O)c2cc(N3CCCS3(=O)=O)ccc2Cl)cc(OC(F)F)c1. The summed E-state index contributed by atoms with van der Waals surface area (Å²) in [5, 5.41) is 11.6. The van der Waals surface area contributed by atoms with Gasteiger partial charge in [-0.15, -0.1) is 0 Å². The molecule has 0 aromatic heterocycles. The highest BCUT2D eigenvalue weighted by Gasteiger charge is 2.29. The second-order valence-corrected chi connectivity index (χ2v) is 8.52. The highest BCUT2D eigenvalue weighted by atomic mass is 35.5. The summed E-state index contributed by atoms with van der Waals surface area (Å²) in [5.41, 5.74) is 0.330. The second kappa shape index (κ2) is 8.23. The normalized spacial score (nSPS) is 15.2. The Kier molecular flexibility index (Phi) is 5.91. The molecular formula is C18H14ClF2N3O4S. The Morgan fingerprint density at radius 1 is 1.28 bits per heavy atom. The Balaban J connectivity index is 1.90. The van der Waals surface area contributed by atoms with E-state index < -0.39 is 22.5 Å². The van der Waals surface area contributed by atoms with Gasteiger partial charge in [0.1, 0.15) is 5.75 Å². The second-order valence-electron chi connectivity index (χ2n) is 6.10. The van der Waals surface area contributed by atoms with Crippen molar-refractivity contribution in [3.8, 4) is 11.8 Å². The number of halogens is 3. The third kappa shape index (κ3) is 4.75. The van der Waals surface area contributed by atoms with Crippen molar-refractivity contribution >= 4 is 38.9 Å². The summed E-state index contributed by atoms with van der Waals surface area (Å²) >= 11 is 6.09. The number of nitrogens with zero attached hydrogens (tertiary/aromatic N) is 2. The maximum absolute atomic E-state index is 12.7. The van der Waals surface area contributed by atoms with Gasteiger partial charge in [0.05, 0.1) is 33.7 Å². The highest BCUT2D eigenvalue weighted by Crippen LogP contribution is 2.29. The van der Waals surface area contributed by atoms with E-state index in [1.165, 1.54) is 28.6 Å². The molecule has 152 valence electrons. The summed E-state index contributed by atoms with van der Waals surface area (Å²) in [7, 11) is -3.45. The van der Waals surface area contributed by atoms with Crippen LogP contribution in [0.4, 0.5) is 20.2 Å². The number of nitriles is 1. The first-order valence-electron chi connectivity index (χ1n) is 8.31. The Hall–Kier alpha value is -2.90. The van der Waals surface area contributed by atoms with Gasteiger partial charge in [0, 0.05) is 18.3 Å². The van der Waals surface area contributed by atoms with Crippen LogP contribution in [0.2, 0.25) is 5.02 Å². The molecule has 0 radical (unpaired) electrons. The first-order valence-corrected chi connectivity index (χ1v) is 10.3. The number of carbonyl (C=O) groups excluding carboxylic acids is 1. The zero-order valence-corrected chi connectivity index (χ0v) is 16.3. The number of hydrogen-bond donors (Lipinski definition) is 1. The predicted molar refractivity (Wildman–Crippen MR) is 103 cm³/mol. The zero-order chi connectivity index (χ0) is 21.2. The fraction of sp³-hybridized carbons (Fsp3) is 0.222. The average Bonchev–Trinajstić information content (AvgIpc) is 3.00. The number of sulfonamides is 1. The highest BCUT2D eigenvalue weighted by molar-refractivity contribution is 7.93. The van der Waals surface area contributed by atoms with Crippen LogP contribution in [0.3, 0.4) is 0 Å². The molecule has 2 aromatic rings. The van der Waals surface area contributed by atoms with Crippen molar-refractivity contribution in [3.63, 3.8) is 0 Å². The lowest BCUT2D eigenvalue weighted by Crippen LogP contribution is -2.25. The molecule has 1 amide bonds. The zero-order valence-electron chi connectivity index (χ0n) is 14.7. The number of amides is 1. The summed E-state index contributed by atoms with van der Waals surface area (Å²) < 4.78 is 54.6. The van der Waals surface area contributed by atoms with Crippen LogP contribution in [-0.4, -0.2) is 33.2 Å². The lowest BCUT2D eigenvalue weighted by molar-refractivity contribution is -0.0498. The number of nitrogens with one attached hydrogen (secondary N) is 1. The molecule has 1 aliphatic rings. The summed E-state index contributed by atoms with van der Waals surface area (Å²) in [6.07, 6.45) is 0.473. The topological polar surface area (TPSA) is 99.5 Å². The van der Waals surface area contributed by atoms with Gasteiger partial charge in [-0.25, -0.2) is 8.42 Å². The smallest absolute Gasteiger partial charge is 0.387 e. The van der Waals surface area contributed by atoms with Crippen molar-refractivity contribution in [2.45, 2.75) is 13.0 Å². The molecule has 7 nitrogen and oxygen atoms in total. The van der Waals surface area contributed by atoms with E-state index in [0.717, 1.165) is 12.1 Å². The van der Waals surface area contributed by atoms with E-state index in [-0.39, 0.29) is 33.3 Å². The van der Waals surface area contributed by atoms with Crippen molar-refractivity contribution in [2.24, 2.45) is 0 Å². The van der Waals surface area contributed by atoms with E-state index in [9.17, 15) is 22.0 Å². The minimum Gasteiger partial charge on any atom is -0.435 e. The van der Waals surface area contributed by atoms with Crippen molar-refractivity contribution in [1.29, 1.82) is 5.26 Å². The van der Waals surface area contributed by atoms with Crippen LogP contribution in [0, 0.1) is 11.3 Å². The molecule has 0 saturated carbocycles. The maximum Gasteiger partial charge on any atom is 0.387 e. The van der Waals surface area contributed by atoms with Gasteiger partial charge in [0.2, 0.25) is 10.0 Å². The molecule has 0 spiro atoms. The molecule has 29 heavy (non-hydrogen) atoms. The fourth-order valence-electron chi connectivity index (χ4n) is 2.88.